The molecule has 1 aromatic heterocycles. The molecule has 1 atom stereocenters. The highest BCUT2D eigenvalue weighted by Gasteiger charge is 2.17. The van der Waals surface area contributed by atoms with E-state index in [1.165, 1.54) is 36.4 Å². The Labute approximate surface area is 164 Å². The second-order valence-corrected chi connectivity index (χ2v) is 6.33. The van der Waals surface area contributed by atoms with Gasteiger partial charge in [0.2, 0.25) is 17.6 Å². The van der Waals surface area contributed by atoms with Crippen molar-refractivity contribution >= 4 is 17.5 Å². The quantitative estimate of drug-likeness (QED) is 0.631. The maximum atomic E-state index is 13.0. The second kappa shape index (κ2) is 8.79. The second-order valence-electron chi connectivity index (χ2n) is 5.93. The van der Waals surface area contributed by atoms with E-state index in [4.69, 9.17) is 20.9 Å². The number of carbonyl (C=O) groups excluding carboxylic acids is 1. The lowest BCUT2D eigenvalue weighted by molar-refractivity contribution is -0.122. The lowest BCUT2D eigenvalue weighted by Gasteiger charge is -2.11. The van der Waals surface area contributed by atoms with E-state index in [1.54, 1.807) is 6.92 Å². The summed E-state index contributed by atoms with van der Waals surface area (Å²) < 4.78 is 36.5. The Morgan fingerprint density at radius 1 is 1.21 bits per heavy atom. The number of rotatable bonds is 7. The summed E-state index contributed by atoms with van der Waals surface area (Å²) in [6.45, 7) is 1.76. The van der Waals surface area contributed by atoms with E-state index in [0.29, 0.717) is 17.1 Å². The van der Waals surface area contributed by atoms with Crippen molar-refractivity contribution < 1.29 is 22.8 Å². The predicted octanol–water partition coefficient (Wildman–Crippen LogP) is 4.31. The molecule has 0 spiro atoms. The summed E-state index contributed by atoms with van der Waals surface area (Å²) in [6, 6.07) is 8.88. The first-order valence-corrected chi connectivity index (χ1v) is 8.77. The van der Waals surface area contributed by atoms with Crippen molar-refractivity contribution in [2.45, 2.75) is 19.4 Å². The number of carbonyl (C=O) groups is 1. The van der Waals surface area contributed by atoms with Gasteiger partial charge in [-0.2, -0.15) is 4.98 Å². The van der Waals surface area contributed by atoms with Crippen LogP contribution in [0.3, 0.4) is 0 Å². The van der Waals surface area contributed by atoms with Crippen LogP contribution < -0.4 is 10.1 Å². The smallest absolute Gasteiger partial charge is 0.249 e. The van der Waals surface area contributed by atoms with Gasteiger partial charge in [0, 0.05) is 5.56 Å². The summed E-state index contributed by atoms with van der Waals surface area (Å²) in [4.78, 5) is 16.3. The third-order valence-electron chi connectivity index (χ3n) is 3.77. The molecule has 2 aromatic carbocycles. The first-order chi connectivity index (χ1) is 13.4. The minimum atomic E-state index is -0.524. The van der Waals surface area contributed by atoms with Gasteiger partial charge in [0.1, 0.15) is 23.4 Å². The largest absolute Gasteiger partial charge is 0.491 e. The van der Waals surface area contributed by atoms with Crippen LogP contribution in [0, 0.1) is 11.6 Å². The first-order valence-electron chi connectivity index (χ1n) is 8.39. The Bertz CT molecular complexity index is 963. The lowest BCUT2D eigenvalue weighted by atomic mass is 10.2. The zero-order valence-corrected chi connectivity index (χ0v) is 15.5. The number of amides is 1. The molecule has 1 N–H and O–H groups in total. The van der Waals surface area contributed by atoms with E-state index in [1.807, 2.05) is 0 Å². The van der Waals surface area contributed by atoms with Crippen LogP contribution in [0.25, 0.3) is 11.4 Å². The highest BCUT2D eigenvalue weighted by molar-refractivity contribution is 6.32. The van der Waals surface area contributed by atoms with Crippen molar-refractivity contribution in [1.29, 1.82) is 0 Å². The highest BCUT2D eigenvalue weighted by Crippen LogP contribution is 2.25. The van der Waals surface area contributed by atoms with Crippen molar-refractivity contribution in [2.75, 3.05) is 6.61 Å². The molecule has 0 radical (unpaired) electrons. The highest BCUT2D eigenvalue weighted by atomic mass is 35.5. The number of aromatic nitrogens is 2. The number of benzene rings is 2. The fourth-order valence-corrected chi connectivity index (χ4v) is 2.57. The van der Waals surface area contributed by atoms with E-state index in [0.717, 1.165) is 6.07 Å². The van der Waals surface area contributed by atoms with Crippen LogP contribution in [-0.4, -0.2) is 22.7 Å². The Morgan fingerprint density at radius 2 is 1.93 bits per heavy atom. The molecule has 9 heteroatoms. The summed E-state index contributed by atoms with van der Waals surface area (Å²) >= 11 is 5.86. The van der Waals surface area contributed by atoms with E-state index < -0.39 is 11.9 Å². The molecule has 6 nitrogen and oxygen atoms in total. The van der Waals surface area contributed by atoms with Crippen LogP contribution in [0.1, 0.15) is 25.3 Å². The Morgan fingerprint density at radius 3 is 2.64 bits per heavy atom. The summed E-state index contributed by atoms with van der Waals surface area (Å²) in [6.07, 6.45) is 0.0526. The monoisotopic (exact) mass is 407 g/mol. The fourth-order valence-electron chi connectivity index (χ4n) is 2.35. The molecule has 0 saturated carbocycles. The molecular weight excluding hydrogens is 392 g/mol. The average molecular weight is 408 g/mol. The molecular formula is C19H16ClF2N3O3. The number of hydrogen-bond donors (Lipinski definition) is 1. The molecule has 3 aromatic rings. The van der Waals surface area contributed by atoms with Gasteiger partial charge in [-0.15, -0.1) is 0 Å². The number of nitrogens with one attached hydrogen (secondary N) is 1. The number of hydrogen-bond acceptors (Lipinski definition) is 5. The molecule has 1 heterocycles. The summed E-state index contributed by atoms with van der Waals surface area (Å²) in [5.41, 5.74) is 0.597. The van der Waals surface area contributed by atoms with Crippen LogP contribution in [0.2, 0.25) is 5.02 Å². The number of ether oxygens (including phenoxy) is 1. The van der Waals surface area contributed by atoms with Gasteiger partial charge in [-0.3, -0.25) is 4.79 Å². The molecule has 0 aliphatic heterocycles. The third-order valence-corrected chi connectivity index (χ3v) is 4.07. The SMILES string of the molecule is CC(NC(=O)CCOc1ccc(F)cc1Cl)c1nc(-c2ccc(F)cc2)no1. The molecule has 28 heavy (non-hydrogen) atoms. The van der Waals surface area contributed by atoms with Crippen LogP contribution in [-0.2, 0) is 4.79 Å². The topological polar surface area (TPSA) is 77.2 Å². The molecule has 0 bridgehead atoms. The maximum absolute atomic E-state index is 13.0. The van der Waals surface area contributed by atoms with Crippen LogP contribution >= 0.6 is 11.6 Å². The first kappa shape index (κ1) is 19.8. The summed E-state index contributed by atoms with van der Waals surface area (Å²) in [5, 5.41) is 6.68. The molecule has 1 unspecified atom stereocenters. The number of nitrogens with zero attached hydrogens (tertiary/aromatic N) is 2. The molecule has 0 saturated heterocycles. The van der Waals surface area contributed by atoms with Crippen molar-refractivity contribution in [1.82, 2.24) is 15.5 Å². The predicted molar refractivity (Wildman–Crippen MR) is 97.8 cm³/mol. The van der Waals surface area contributed by atoms with Gasteiger partial charge in [-0.05, 0) is 49.4 Å². The van der Waals surface area contributed by atoms with E-state index in [2.05, 4.69) is 15.5 Å². The van der Waals surface area contributed by atoms with Gasteiger partial charge in [-0.25, -0.2) is 8.78 Å². The number of halogens is 3. The van der Waals surface area contributed by atoms with Crippen molar-refractivity contribution in [3.05, 3.63) is 65.0 Å². The zero-order valence-electron chi connectivity index (χ0n) is 14.8. The van der Waals surface area contributed by atoms with Crippen LogP contribution in [0.5, 0.6) is 5.75 Å². The third kappa shape index (κ3) is 5.04. The Hall–Kier alpha value is -3.00. The van der Waals surface area contributed by atoms with Gasteiger partial charge in [0.25, 0.3) is 0 Å². The van der Waals surface area contributed by atoms with Gasteiger partial charge in [-0.1, -0.05) is 16.8 Å². The van der Waals surface area contributed by atoms with Gasteiger partial charge < -0.3 is 14.6 Å². The fraction of sp³-hybridized carbons (Fsp3) is 0.211. The minimum absolute atomic E-state index is 0.0526. The van der Waals surface area contributed by atoms with Gasteiger partial charge >= 0.3 is 0 Å². The van der Waals surface area contributed by atoms with E-state index in [-0.39, 0.29) is 35.7 Å². The molecule has 0 aliphatic rings. The van der Waals surface area contributed by atoms with Crippen LogP contribution in [0.15, 0.2) is 47.0 Å². The van der Waals surface area contributed by atoms with Gasteiger partial charge in [0.05, 0.1) is 18.1 Å². The Kier molecular flexibility index (Phi) is 6.20. The molecule has 1 amide bonds. The van der Waals surface area contributed by atoms with Crippen molar-refractivity contribution in [3.8, 4) is 17.1 Å². The zero-order chi connectivity index (χ0) is 20.1. The molecule has 3 rings (SSSR count). The maximum Gasteiger partial charge on any atom is 0.249 e. The van der Waals surface area contributed by atoms with E-state index >= 15 is 0 Å². The van der Waals surface area contributed by atoms with Crippen LogP contribution in [0.4, 0.5) is 8.78 Å². The molecule has 0 fully saturated rings. The normalized spacial score (nSPS) is 11.9. The minimum Gasteiger partial charge on any atom is -0.491 e. The summed E-state index contributed by atoms with van der Waals surface area (Å²) in [5.74, 6) is -0.321. The Balaban J connectivity index is 1.51. The van der Waals surface area contributed by atoms with Gasteiger partial charge in [0.15, 0.2) is 0 Å². The lowest BCUT2D eigenvalue weighted by Crippen LogP contribution is -2.28. The molecule has 0 aliphatic carbocycles. The standard InChI is InChI=1S/C19H16ClF2N3O3/c1-11(19-24-18(25-28-19)12-2-4-13(21)5-3-12)23-17(26)8-9-27-16-7-6-14(22)10-15(16)20/h2-7,10-11H,8-9H2,1H3,(H,23,26). The van der Waals surface area contributed by atoms with E-state index in [9.17, 15) is 13.6 Å². The average Bonchev–Trinajstić information content (AvgIpc) is 3.14. The van der Waals surface area contributed by atoms with Crippen molar-refractivity contribution in [2.24, 2.45) is 0 Å². The molecule has 146 valence electrons. The van der Waals surface area contributed by atoms with Crippen molar-refractivity contribution in [3.63, 3.8) is 0 Å². The summed E-state index contributed by atoms with van der Waals surface area (Å²) in [7, 11) is 0.